The molecule has 1 aromatic rings. The highest BCUT2D eigenvalue weighted by atomic mass is 79.9. The van der Waals surface area contributed by atoms with E-state index >= 15 is 0 Å². The second-order valence-electron chi connectivity index (χ2n) is 3.81. The van der Waals surface area contributed by atoms with Crippen LogP contribution in [0.1, 0.15) is 13.3 Å². The summed E-state index contributed by atoms with van der Waals surface area (Å²) in [5.41, 5.74) is 0. The van der Waals surface area contributed by atoms with Crippen LogP contribution in [0.5, 0.6) is 0 Å². The number of rotatable bonds is 2. The molecule has 0 saturated carbocycles. The molecule has 0 radical (unpaired) electrons. The molecule has 5 heteroatoms. The van der Waals surface area contributed by atoms with Crippen molar-refractivity contribution in [1.29, 1.82) is 0 Å². The topological polar surface area (TPSA) is 25.4 Å². The second-order valence-corrected chi connectivity index (χ2v) is 5.58. The highest BCUT2D eigenvalue weighted by Crippen LogP contribution is 2.28. The molecule has 1 aliphatic rings. The number of aromatic nitrogens is 1. The van der Waals surface area contributed by atoms with Crippen molar-refractivity contribution in [2.45, 2.75) is 19.4 Å². The van der Waals surface area contributed by atoms with Crippen LogP contribution in [-0.4, -0.2) is 30.8 Å². The Bertz CT molecular complexity index is 373. The Kier molecular flexibility index (Phi) is 4.21. The molecule has 1 atom stereocenters. The van der Waals surface area contributed by atoms with Crippen LogP contribution >= 0.6 is 31.9 Å². The Hall–Kier alpha value is -0.130. The Morgan fingerprint density at radius 3 is 3.06 bits per heavy atom. The third kappa shape index (κ3) is 2.76. The predicted molar refractivity (Wildman–Crippen MR) is 71.9 cm³/mol. The van der Waals surface area contributed by atoms with Gasteiger partial charge in [-0.15, -0.1) is 0 Å². The van der Waals surface area contributed by atoms with Crippen LogP contribution in [0.2, 0.25) is 0 Å². The van der Waals surface area contributed by atoms with Crippen LogP contribution < -0.4 is 4.90 Å². The summed E-state index contributed by atoms with van der Waals surface area (Å²) in [7, 11) is 0. The Balaban J connectivity index is 2.16. The molecular weight excluding hydrogens is 336 g/mol. The predicted octanol–water partition coefficient (Wildman–Crippen LogP) is 3.22. The summed E-state index contributed by atoms with van der Waals surface area (Å²) in [4.78, 5) is 6.72. The monoisotopic (exact) mass is 348 g/mol. The number of nitrogens with zero attached hydrogens (tertiary/aromatic N) is 2. The molecule has 2 heterocycles. The van der Waals surface area contributed by atoms with Gasteiger partial charge >= 0.3 is 0 Å². The third-order valence-corrected chi connectivity index (χ3v) is 3.70. The van der Waals surface area contributed by atoms with Gasteiger partial charge in [0.1, 0.15) is 5.82 Å². The lowest BCUT2D eigenvalue weighted by Crippen LogP contribution is -2.42. The van der Waals surface area contributed by atoms with E-state index in [2.05, 4.69) is 48.7 Å². The van der Waals surface area contributed by atoms with Crippen molar-refractivity contribution in [3.8, 4) is 0 Å². The molecule has 1 saturated heterocycles. The van der Waals surface area contributed by atoms with Gasteiger partial charge in [-0.1, -0.05) is 6.92 Å². The minimum Gasteiger partial charge on any atom is -0.375 e. The van der Waals surface area contributed by atoms with Crippen molar-refractivity contribution in [3.05, 3.63) is 21.2 Å². The first-order valence-electron chi connectivity index (χ1n) is 5.38. The lowest BCUT2D eigenvalue weighted by atomic mass is 10.2. The average molecular weight is 350 g/mol. The molecule has 1 aliphatic heterocycles. The lowest BCUT2D eigenvalue weighted by Gasteiger charge is -2.33. The normalized spacial score (nSPS) is 21.2. The first-order valence-corrected chi connectivity index (χ1v) is 6.97. The summed E-state index contributed by atoms with van der Waals surface area (Å²) in [5, 5.41) is 0. The number of ether oxygens (including phenoxy) is 1. The van der Waals surface area contributed by atoms with E-state index in [0.717, 1.165) is 40.9 Å². The molecule has 0 aromatic carbocycles. The molecule has 2 rings (SSSR count). The molecule has 0 N–H and O–H groups in total. The van der Waals surface area contributed by atoms with Crippen molar-refractivity contribution in [2.75, 3.05) is 24.6 Å². The first-order chi connectivity index (χ1) is 7.70. The van der Waals surface area contributed by atoms with Crippen molar-refractivity contribution in [2.24, 2.45) is 0 Å². The minimum atomic E-state index is 0.325. The summed E-state index contributed by atoms with van der Waals surface area (Å²) in [6, 6.07) is 2.03. The van der Waals surface area contributed by atoms with Gasteiger partial charge < -0.3 is 9.64 Å². The van der Waals surface area contributed by atoms with Gasteiger partial charge in [-0.3, -0.25) is 0 Å². The fourth-order valence-electron chi connectivity index (χ4n) is 1.80. The van der Waals surface area contributed by atoms with E-state index in [-0.39, 0.29) is 0 Å². The second kappa shape index (κ2) is 5.47. The van der Waals surface area contributed by atoms with Crippen molar-refractivity contribution in [3.63, 3.8) is 0 Å². The van der Waals surface area contributed by atoms with Crippen LogP contribution in [0.25, 0.3) is 0 Å². The van der Waals surface area contributed by atoms with E-state index in [1.54, 1.807) is 0 Å². The van der Waals surface area contributed by atoms with Gasteiger partial charge in [0.2, 0.25) is 0 Å². The molecule has 0 spiro atoms. The summed E-state index contributed by atoms with van der Waals surface area (Å²) in [6.45, 7) is 4.76. The summed E-state index contributed by atoms with van der Waals surface area (Å²) in [6.07, 6.45) is 3.20. The molecule has 1 unspecified atom stereocenters. The van der Waals surface area contributed by atoms with E-state index in [1.807, 2.05) is 12.3 Å². The summed E-state index contributed by atoms with van der Waals surface area (Å²) in [5.74, 6) is 1.00. The quantitative estimate of drug-likeness (QED) is 0.819. The molecule has 88 valence electrons. The number of morpholine rings is 1. The van der Waals surface area contributed by atoms with Gasteiger partial charge in [0, 0.05) is 23.8 Å². The number of anilines is 1. The van der Waals surface area contributed by atoms with Crippen LogP contribution in [-0.2, 0) is 4.74 Å². The standard InChI is InChI=1S/C11H14Br2N2O/c1-2-9-7-15(3-4-16-9)11-10(13)5-8(12)6-14-11/h5-6,9H,2-4,7H2,1H3. The molecule has 16 heavy (non-hydrogen) atoms. The molecule has 0 amide bonds. The maximum atomic E-state index is 5.65. The summed E-state index contributed by atoms with van der Waals surface area (Å²) >= 11 is 6.96. The molecule has 0 bridgehead atoms. The smallest absolute Gasteiger partial charge is 0.143 e. The van der Waals surface area contributed by atoms with Crippen LogP contribution in [0.3, 0.4) is 0 Å². The zero-order valence-electron chi connectivity index (χ0n) is 9.12. The fourth-order valence-corrected chi connectivity index (χ4v) is 3.04. The van der Waals surface area contributed by atoms with E-state index in [0.29, 0.717) is 6.10 Å². The van der Waals surface area contributed by atoms with Crippen molar-refractivity contribution in [1.82, 2.24) is 4.98 Å². The molecule has 0 aliphatic carbocycles. The van der Waals surface area contributed by atoms with Crippen molar-refractivity contribution >= 4 is 37.7 Å². The minimum absolute atomic E-state index is 0.325. The number of hydrogen-bond donors (Lipinski definition) is 0. The third-order valence-electron chi connectivity index (χ3n) is 2.68. The Morgan fingerprint density at radius 1 is 1.56 bits per heavy atom. The van der Waals surface area contributed by atoms with E-state index < -0.39 is 0 Å². The molecule has 1 aromatic heterocycles. The van der Waals surface area contributed by atoms with Gasteiger partial charge in [0.05, 0.1) is 17.2 Å². The number of halogens is 2. The van der Waals surface area contributed by atoms with Gasteiger partial charge in [0.25, 0.3) is 0 Å². The zero-order valence-corrected chi connectivity index (χ0v) is 12.3. The first kappa shape index (κ1) is 12.3. The average Bonchev–Trinajstić information content (AvgIpc) is 2.29. The van der Waals surface area contributed by atoms with E-state index in [4.69, 9.17) is 4.74 Å². The highest BCUT2D eigenvalue weighted by molar-refractivity contribution is 9.11. The number of hydrogen-bond acceptors (Lipinski definition) is 3. The SMILES string of the molecule is CCC1CN(c2ncc(Br)cc2Br)CCO1. The maximum Gasteiger partial charge on any atom is 0.143 e. The van der Waals surface area contributed by atoms with Crippen molar-refractivity contribution < 1.29 is 4.74 Å². The highest BCUT2D eigenvalue weighted by Gasteiger charge is 2.21. The largest absolute Gasteiger partial charge is 0.375 e. The Morgan fingerprint density at radius 2 is 2.38 bits per heavy atom. The van der Waals surface area contributed by atoms with Crippen LogP contribution in [0.4, 0.5) is 5.82 Å². The van der Waals surface area contributed by atoms with Gasteiger partial charge in [-0.05, 0) is 44.3 Å². The van der Waals surface area contributed by atoms with E-state index in [9.17, 15) is 0 Å². The number of pyridine rings is 1. The van der Waals surface area contributed by atoms with Gasteiger partial charge in [0.15, 0.2) is 0 Å². The van der Waals surface area contributed by atoms with Crippen LogP contribution in [0.15, 0.2) is 21.2 Å². The molecular formula is C11H14Br2N2O. The van der Waals surface area contributed by atoms with Gasteiger partial charge in [-0.2, -0.15) is 0 Å². The van der Waals surface area contributed by atoms with E-state index in [1.165, 1.54) is 0 Å². The zero-order chi connectivity index (χ0) is 11.5. The molecule has 1 fully saturated rings. The lowest BCUT2D eigenvalue weighted by molar-refractivity contribution is 0.0381. The Labute approximate surface area is 112 Å². The fraction of sp³-hybridized carbons (Fsp3) is 0.545. The molecule has 3 nitrogen and oxygen atoms in total. The summed E-state index contributed by atoms with van der Waals surface area (Å²) < 4.78 is 7.66. The van der Waals surface area contributed by atoms with Crippen LogP contribution in [0, 0.1) is 0 Å². The van der Waals surface area contributed by atoms with Gasteiger partial charge in [-0.25, -0.2) is 4.98 Å². The maximum absolute atomic E-state index is 5.65.